The third kappa shape index (κ3) is 2.87. The highest BCUT2D eigenvalue weighted by Gasteiger charge is 2.21. The third-order valence-electron chi connectivity index (χ3n) is 3.46. The molecule has 0 aliphatic heterocycles. The molecule has 0 aromatic carbocycles. The molecule has 6 heteroatoms. The minimum Gasteiger partial charge on any atom is -0.453 e. The first-order valence-corrected chi connectivity index (χ1v) is 7.52. The van der Waals surface area contributed by atoms with Gasteiger partial charge in [-0.15, -0.1) is 0 Å². The first-order chi connectivity index (χ1) is 9.62. The van der Waals surface area contributed by atoms with Crippen LogP contribution >= 0.6 is 23.2 Å². The van der Waals surface area contributed by atoms with Gasteiger partial charge < -0.3 is 9.73 Å². The molecule has 2 aromatic heterocycles. The number of halogens is 2. The van der Waals surface area contributed by atoms with E-state index in [9.17, 15) is 0 Å². The van der Waals surface area contributed by atoms with Crippen molar-refractivity contribution in [3.8, 4) is 0 Å². The van der Waals surface area contributed by atoms with Crippen molar-refractivity contribution in [3.63, 3.8) is 0 Å². The first-order valence-electron chi connectivity index (χ1n) is 6.76. The highest BCUT2D eigenvalue weighted by Crippen LogP contribution is 2.30. The van der Waals surface area contributed by atoms with E-state index in [4.69, 9.17) is 27.6 Å². The van der Waals surface area contributed by atoms with Crippen LogP contribution in [0.2, 0.25) is 10.2 Å². The first kappa shape index (κ1) is 15.4. The van der Waals surface area contributed by atoms with Crippen molar-refractivity contribution in [3.05, 3.63) is 39.5 Å². The average Bonchev–Trinajstić information content (AvgIpc) is 3.00. The molecule has 2 heterocycles. The van der Waals surface area contributed by atoms with Crippen molar-refractivity contribution in [1.29, 1.82) is 0 Å². The molecule has 0 radical (unpaired) electrons. The van der Waals surface area contributed by atoms with Gasteiger partial charge in [0, 0.05) is 24.6 Å². The number of hydrogen-bond acceptors (Lipinski definition) is 3. The number of aryl methyl sites for hydroxylation is 2. The van der Waals surface area contributed by atoms with Gasteiger partial charge in [0.25, 0.3) is 0 Å². The van der Waals surface area contributed by atoms with Crippen LogP contribution in [-0.2, 0) is 19.4 Å². The maximum atomic E-state index is 6.44. The van der Waals surface area contributed by atoms with Gasteiger partial charge in [-0.2, -0.15) is 5.10 Å². The Hall–Kier alpha value is -0.970. The summed E-state index contributed by atoms with van der Waals surface area (Å²) in [6.45, 7) is 4.91. The molecule has 1 unspecified atom stereocenters. The number of hydrogen-bond donors (Lipinski definition) is 1. The maximum absolute atomic E-state index is 6.44. The second kappa shape index (κ2) is 6.66. The lowest BCUT2D eigenvalue weighted by Crippen LogP contribution is -2.20. The predicted molar refractivity (Wildman–Crippen MR) is 81.5 cm³/mol. The van der Waals surface area contributed by atoms with Crippen molar-refractivity contribution in [2.45, 2.75) is 39.3 Å². The number of likely N-dealkylation sites (N-methyl/N-ethyl adjacent to an activating group) is 1. The zero-order valence-electron chi connectivity index (χ0n) is 11.9. The number of furan rings is 1. The van der Waals surface area contributed by atoms with Crippen LogP contribution in [0.25, 0.3) is 0 Å². The molecule has 1 N–H and O–H groups in total. The number of nitrogens with zero attached hydrogens (tertiary/aromatic N) is 2. The van der Waals surface area contributed by atoms with Gasteiger partial charge in [-0.25, -0.2) is 0 Å². The molecule has 0 spiro atoms. The van der Waals surface area contributed by atoms with Crippen molar-refractivity contribution in [1.82, 2.24) is 15.1 Å². The number of nitrogens with one attached hydrogen (secondary N) is 1. The maximum Gasteiger partial charge on any atom is 0.197 e. The summed E-state index contributed by atoms with van der Waals surface area (Å²) < 4.78 is 7.13. The van der Waals surface area contributed by atoms with Crippen molar-refractivity contribution < 1.29 is 4.42 Å². The lowest BCUT2D eigenvalue weighted by atomic mass is 10.0. The SMILES string of the molecule is CCc1nn(CC)c(CC(NC)c2ccoc2Cl)c1Cl. The highest BCUT2D eigenvalue weighted by molar-refractivity contribution is 6.32. The Balaban J connectivity index is 2.32. The smallest absolute Gasteiger partial charge is 0.197 e. The molecule has 0 fully saturated rings. The summed E-state index contributed by atoms with van der Waals surface area (Å²) in [6, 6.07) is 1.93. The third-order valence-corrected chi connectivity index (χ3v) is 4.21. The molecule has 2 rings (SSSR count). The van der Waals surface area contributed by atoms with Crippen LogP contribution in [0.3, 0.4) is 0 Å². The van der Waals surface area contributed by atoms with Crippen LogP contribution in [0.1, 0.15) is 36.8 Å². The molecule has 4 nitrogen and oxygen atoms in total. The van der Waals surface area contributed by atoms with E-state index in [1.54, 1.807) is 6.26 Å². The molecule has 20 heavy (non-hydrogen) atoms. The van der Waals surface area contributed by atoms with E-state index in [1.165, 1.54) is 0 Å². The van der Waals surface area contributed by atoms with Gasteiger partial charge in [0.1, 0.15) is 0 Å². The lowest BCUT2D eigenvalue weighted by Gasteiger charge is -2.16. The molecule has 110 valence electrons. The fourth-order valence-electron chi connectivity index (χ4n) is 2.33. The summed E-state index contributed by atoms with van der Waals surface area (Å²) in [5.41, 5.74) is 2.91. The average molecular weight is 316 g/mol. The topological polar surface area (TPSA) is 43.0 Å². The minimum absolute atomic E-state index is 0.0467. The van der Waals surface area contributed by atoms with Gasteiger partial charge in [0.2, 0.25) is 0 Å². The molecule has 0 aliphatic carbocycles. The second-order valence-corrected chi connectivity index (χ2v) is 5.29. The molecular formula is C14H19Cl2N3O. The Kier molecular flexibility index (Phi) is 5.13. The van der Waals surface area contributed by atoms with E-state index in [-0.39, 0.29) is 6.04 Å². The van der Waals surface area contributed by atoms with Crippen LogP contribution in [0.15, 0.2) is 16.7 Å². The molecule has 1 atom stereocenters. The van der Waals surface area contributed by atoms with Crippen LogP contribution in [-0.4, -0.2) is 16.8 Å². The minimum atomic E-state index is 0.0467. The largest absolute Gasteiger partial charge is 0.453 e. The molecule has 0 amide bonds. The molecule has 0 saturated heterocycles. The predicted octanol–water partition coefficient (Wildman–Crippen LogP) is 3.87. The van der Waals surface area contributed by atoms with Crippen LogP contribution in [0, 0.1) is 0 Å². The van der Waals surface area contributed by atoms with Gasteiger partial charge in [0.15, 0.2) is 5.22 Å². The standard InChI is InChI=1S/C14H19Cl2N3O/c1-4-10-13(15)12(19(5-2)18-10)8-11(17-3)9-6-7-20-14(9)16/h6-7,11,17H,4-5,8H2,1-3H3. The van der Waals surface area contributed by atoms with E-state index < -0.39 is 0 Å². The van der Waals surface area contributed by atoms with Crippen molar-refractivity contribution in [2.24, 2.45) is 0 Å². The summed E-state index contributed by atoms with van der Waals surface area (Å²) in [6.07, 6.45) is 3.14. The normalized spacial score (nSPS) is 12.8. The van der Waals surface area contributed by atoms with E-state index in [2.05, 4.69) is 24.3 Å². The lowest BCUT2D eigenvalue weighted by molar-refractivity contribution is 0.524. The molecule has 0 bridgehead atoms. The Labute approximate surface area is 129 Å². The van der Waals surface area contributed by atoms with Crippen LogP contribution in [0.4, 0.5) is 0 Å². The zero-order chi connectivity index (χ0) is 14.7. The Morgan fingerprint density at radius 3 is 2.65 bits per heavy atom. The Bertz CT molecular complexity index is 577. The monoisotopic (exact) mass is 315 g/mol. The summed E-state index contributed by atoms with van der Waals surface area (Å²) in [5.74, 6) is 0. The van der Waals surface area contributed by atoms with Gasteiger partial charge in [-0.3, -0.25) is 4.68 Å². The van der Waals surface area contributed by atoms with Crippen molar-refractivity contribution in [2.75, 3.05) is 7.05 Å². The van der Waals surface area contributed by atoms with Gasteiger partial charge in [-0.1, -0.05) is 18.5 Å². The fraction of sp³-hybridized carbons (Fsp3) is 0.500. The Morgan fingerprint density at radius 2 is 2.15 bits per heavy atom. The van der Waals surface area contributed by atoms with Gasteiger partial charge >= 0.3 is 0 Å². The summed E-state index contributed by atoms with van der Waals surface area (Å²) >= 11 is 12.5. The van der Waals surface area contributed by atoms with E-state index in [0.29, 0.717) is 5.22 Å². The highest BCUT2D eigenvalue weighted by atomic mass is 35.5. The van der Waals surface area contributed by atoms with Crippen molar-refractivity contribution >= 4 is 23.2 Å². The molecular weight excluding hydrogens is 297 g/mol. The zero-order valence-corrected chi connectivity index (χ0v) is 13.4. The van der Waals surface area contributed by atoms with E-state index >= 15 is 0 Å². The van der Waals surface area contributed by atoms with Gasteiger partial charge in [-0.05, 0) is 38.1 Å². The van der Waals surface area contributed by atoms with Crippen LogP contribution < -0.4 is 5.32 Å². The molecule has 0 saturated carbocycles. The summed E-state index contributed by atoms with van der Waals surface area (Å²) in [4.78, 5) is 0. The number of aromatic nitrogens is 2. The fourth-order valence-corrected chi connectivity index (χ4v) is 2.92. The van der Waals surface area contributed by atoms with Crippen LogP contribution in [0.5, 0.6) is 0 Å². The molecule has 0 aliphatic rings. The van der Waals surface area contributed by atoms with E-state index in [1.807, 2.05) is 17.8 Å². The second-order valence-electron chi connectivity index (χ2n) is 4.57. The summed E-state index contributed by atoms with van der Waals surface area (Å²) in [7, 11) is 1.90. The molecule has 2 aromatic rings. The Morgan fingerprint density at radius 1 is 1.40 bits per heavy atom. The van der Waals surface area contributed by atoms with E-state index in [0.717, 1.165) is 41.4 Å². The van der Waals surface area contributed by atoms with Gasteiger partial charge in [0.05, 0.1) is 22.7 Å². The quantitative estimate of drug-likeness (QED) is 0.880. The number of rotatable bonds is 6. The summed E-state index contributed by atoms with van der Waals surface area (Å²) in [5, 5.41) is 8.97.